The van der Waals surface area contributed by atoms with E-state index in [0.717, 1.165) is 0 Å². The molecule has 106 valence electrons. The van der Waals surface area contributed by atoms with Crippen LogP contribution in [-0.2, 0) is 7.05 Å². The Hall–Kier alpha value is -2.33. The molecule has 0 spiro atoms. The molecule has 5 heteroatoms. The molecule has 0 aliphatic heterocycles. The quantitative estimate of drug-likeness (QED) is 0.755. The summed E-state index contributed by atoms with van der Waals surface area (Å²) >= 11 is 5.88. The number of aromatic nitrogens is 1. The van der Waals surface area contributed by atoms with Crippen LogP contribution in [0.15, 0.2) is 48.5 Å². The smallest absolute Gasteiger partial charge is 0.272 e. The summed E-state index contributed by atoms with van der Waals surface area (Å²) in [5.41, 5.74) is 1.65. The zero-order valence-electron chi connectivity index (χ0n) is 11.2. The predicted molar refractivity (Wildman–Crippen MR) is 82.3 cm³/mol. The van der Waals surface area contributed by atoms with Crippen LogP contribution in [0.5, 0.6) is 0 Å². The highest BCUT2D eigenvalue weighted by atomic mass is 35.5. The summed E-state index contributed by atoms with van der Waals surface area (Å²) in [6.45, 7) is 0. The van der Waals surface area contributed by atoms with Gasteiger partial charge in [0.1, 0.15) is 11.5 Å². The first kappa shape index (κ1) is 13.6. The summed E-state index contributed by atoms with van der Waals surface area (Å²) < 4.78 is 15.4. The number of anilines is 1. The average Bonchev–Trinajstić information content (AvgIpc) is 2.78. The first-order valence-corrected chi connectivity index (χ1v) is 6.75. The lowest BCUT2D eigenvalue weighted by Gasteiger charge is -2.06. The van der Waals surface area contributed by atoms with Gasteiger partial charge in [-0.15, -0.1) is 0 Å². The topological polar surface area (TPSA) is 34.0 Å². The summed E-state index contributed by atoms with van der Waals surface area (Å²) in [6.07, 6.45) is 0. The fourth-order valence-corrected chi connectivity index (χ4v) is 2.49. The Balaban J connectivity index is 1.98. The minimum atomic E-state index is -0.343. The highest BCUT2D eigenvalue weighted by molar-refractivity contribution is 6.31. The third-order valence-electron chi connectivity index (χ3n) is 3.35. The number of halogens is 2. The van der Waals surface area contributed by atoms with Crippen molar-refractivity contribution in [1.82, 2.24) is 4.57 Å². The molecule has 0 bridgehead atoms. The number of carbonyl (C=O) groups excluding carboxylic acids is 1. The lowest BCUT2D eigenvalue weighted by Crippen LogP contribution is -2.15. The van der Waals surface area contributed by atoms with Gasteiger partial charge >= 0.3 is 0 Å². The van der Waals surface area contributed by atoms with Gasteiger partial charge in [-0.2, -0.15) is 0 Å². The third-order valence-corrected chi connectivity index (χ3v) is 3.58. The number of nitrogens with one attached hydrogen (secondary N) is 1. The predicted octanol–water partition coefficient (Wildman–Crippen LogP) is 4.22. The second-order valence-electron chi connectivity index (χ2n) is 4.73. The van der Waals surface area contributed by atoms with Gasteiger partial charge in [-0.05, 0) is 36.4 Å². The van der Waals surface area contributed by atoms with Crippen molar-refractivity contribution in [2.75, 3.05) is 5.32 Å². The number of rotatable bonds is 2. The molecular formula is C16H12ClFN2O. The van der Waals surface area contributed by atoms with Gasteiger partial charge in [0.05, 0.1) is 5.52 Å². The number of hydrogen-bond donors (Lipinski definition) is 1. The molecule has 3 nitrogen and oxygen atoms in total. The van der Waals surface area contributed by atoms with Crippen LogP contribution < -0.4 is 5.32 Å². The van der Waals surface area contributed by atoms with E-state index < -0.39 is 0 Å². The number of benzene rings is 2. The Morgan fingerprint density at radius 1 is 1.19 bits per heavy atom. The molecule has 1 N–H and O–H groups in total. The lowest BCUT2D eigenvalue weighted by molar-refractivity contribution is 0.102. The maximum atomic E-state index is 13.8. The number of fused-ring (bicyclic) bond motifs is 1. The zero-order valence-corrected chi connectivity index (χ0v) is 12.0. The van der Waals surface area contributed by atoms with Crippen LogP contribution in [0.4, 0.5) is 10.1 Å². The summed E-state index contributed by atoms with van der Waals surface area (Å²) in [5.74, 6) is -0.653. The van der Waals surface area contributed by atoms with Gasteiger partial charge in [0.2, 0.25) is 0 Å². The number of hydrogen-bond acceptors (Lipinski definition) is 1. The highest BCUT2D eigenvalue weighted by Crippen LogP contribution is 2.23. The average molecular weight is 303 g/mol. The fourth-order valence-electron chi connectivity index (χ4n) is 2.30. The molecule has 0 unspecified atom stereocenters. The van der Waals surface area contributed by atoms with E-state index in [9.17, 15) is 9.18 Å². The molecule has 0 aliphatic rings. The van der Waals surface area contributed by atoms with Crippen LogP contribution >= 0.6 is 11.6 Å². The number of carbonyl (C=O) groups is 1. The molecule has 0 fully saturated rings. The van der Waals surface area contributed by atoms with Crippen molar-refractivity contribution in [2.45, 2.75) is 0 Å². The van der Waals surface area contributed by atoms with Crippen molar-refractivity contribution >= 4 is 34.1 Å². The first-order valence-electron chi connectivity index (χ1n) is 6.37. The second kappa shape index (κ2) is 5.22. The Kier molecular flexibility index (Phi) is 3.39. The monoisotopic (exact) mass is 302 g/mol. The second-order valence-corrected chi connectivity index (χ2v) is 5.16. The zero-order chi connectivity index (χ0) is 15.0. The van der Waals surface area contributed by atoms with Crippen molar-refractivity contribution in [3.05, 3.63) is 65.1 Å². The van der Waals surface area contributed by atoms with E-state index >= 15 is 0 Å². The van der Waals surface area contributed by atoms with Gasteiger partial charge in [-0.1, -0.05) is 23.7 Å². The standard InChI is InChI=1S/C16H12ClFN2O/c1-20-14-7-3-6-13(18)12(14)9-15(20)16(21)19-11-5-2-4-10(17)8-11/h2-9H,1H3,(H,19,21). The van der Waals surface area contributed by atoms with Crippen LogP contribution in [0, 0.1) is 5.82 Å². The van der Waals surface area contributed by atoms with E-state index in [2.05, 4.69) is 5.32 Å². The lowest BCUT2D eigenvalue weighted by atomic mass is 10.2. The minimum absolute atomic E-state index is 0.310. The van der Waals surface area contributed by atoms with Crippen molar-refractivity contribution in [3.8, 4) is 0 Å². The fraction of sp³-hybridized carbons (Fsp3) is 0.0625. The summed E-state index contributed by atoms with van der Waals surface area (Å²) in [4.78, 5) is 12.3. The third kappa shape index (κ3) is 2.50. The van der Waals surface area contributed by atoms with E-state index in [1.54, 1.807) is 54.1 Å². The maximum absolute atomic E-state index is 13.8. The van der Waals surface area contributed by atoms with Gasteiger partial charge in [-0.3, -0.25) is 4.79 Å². The SMILES string of the molecule is Cn1c(C(=O)Nc2cccc(Cl)c2)cc2c(F)cccc21. The van der Waals surface area contributed by atoms with Gasteiger partial charge in [-0.25, -0.2) is 4.39 Å². The molecule has 21 heavy (non-hydrogen) atoms. The summed E-state index contributed by atoms with van der Waals surface area (Å²) in [5, 5.41) is 3.72. The number of nitrogens with zero attached hydrogens (tertiary/aromatic N) is 1. The van der Waals surface area contributed by atoms with E-state index in [0.29, 0.717) is 27.3 Å². The van der Waals surface area contributed by atoms with E-state index in [1.807, 2.05) is 0 Å². The van der Waals surface area contributed by atoms with Crippen LogP contribution in [0.3, 0.4) is 0 Å². The summed E-state index contributed by atoms with van der Waals surface area (Å²) in [7, 11) is 1.73. The molecule has 0 saturated carbocycles. The van der Waals surface area contributed by atoms with Crippen LogP contribution in [0.2, 0.25) is 5.02 Å². The largest absolute Gasteiger partial charge is 0.340 e. The normalized spacial score (nSPS) is 10.8. The van der Waals surface area contributed by atoms with Gasteiger partial charge in [0, 0.05) is 23.1 Å². The first-order chi connectivity index (χ1) is 10.1. The maximum Gasteiger partial charge on any atom is 0.272 e. The Morgan fingerprint density at radius 3 is 2.67 bits per heavy atom. The molecule has 3 aromatic rings. The molecule has 0 atom stereocenters. The van der Waals surface area contributed by atoms with Crippen LogP contribution in [0.1, 0.15) is 10.5 Å². The molecule has 1 amide bonds. The molecule has 0 radical (unpaired) electrons. The van der Waals surface area contributed by atoms with E-state index in [4.69, 9.17) is 11.6 Å². The molecule has 1 aromatic heterocycles. The summed E-state index contributed by atoms with van der Waals surface area (Å²) in [6, 6.07) is 13.2. The van der Waals surface area contributed by atoms with Crippen molar-refractivity contribution < 1.29 is 9.18 Å². The molecule has 1 heterocycles. The Bertz CT molecular complexity index is 841. The highest BCUT2D eigenvalue weighted by Gasteiger charge is 2.15. The van der Waals surface area contributed by atoms with Crippen molar-refractivity contribution in [3.63, 3.8) is 0 Å². The minimum Gasteiger partial charge on any atom is -0.340 e. The molecule has 0 aliphatic carbocycles. The van der Waals surface area contributed by atoms with Gasteiger partial charge in [0.15, 0.2) is 0 Å². The molecule has 0 saturated heterocycles. The van der Waals surface area contributed by atoms with E-state index in [1.165, 1.54) is 6.07 Å². The van der Waals surface area contributed by atoms with Crippen molar-refractivity contribution in [1.29, 1.82) is 0 Å². The number of aryl methyl sites for hydroxylation is 1. The Labute approximate surface area is 125 Å². The van der Waals surface area contributed by atoms with Crippen LogP contribution in [0.25, 0.3) is 10.9 Å². The molecule has 3 rings (SSSR count). The van der Waals surface area contributed by atoms with E-state index in [-0.39, 0.29) is 11.7 Å². The molecular weight excluding hydrogens is 291 g/mol. The van der Waals surface area contributed by atoms with Crippen LogP contribution in [-0.4, -0.2) is 10.5 Å². The van der Waals surface area contributed by atoms with Crippen molar-refractivity contribution in [2.24, 2.45) is 7.05 Å². The van der Waals surface area contributed by atoms with Gasteiger partial charge < -0.3 is 9.88 Å². The molecule has 2 aromatic carbocycles. The Morgan fingerprint density at radius 2 is 1.95 bits per heavy atom. The number of amides is 1. The van der Waals surface area contributed by atoms with Gasteiger partial charge in [0.25, 0.3) is 5.91 Å².